The van der Waals surface area contributed by atoms with E-state index in [2.05, 4.69) is 89.2 Å². The monoisotopic (exact) mass is 394 g/mol. The SMILES string of the molecule is CC(C)(C)C1(C(C)(C)C)C=C(CCC(=O)O)CC(C(C)(C)C)(C(C)(C)C)C1O. The number of carboxylic acid groups (broad SMARTS) is 1. The smallest absolute Gasteiger partial charge is 0.303 e. The minimum Gasteiger partial charge on any atom is -0.481 e. The van der Waals surface area contributed by atoms with E-state index in [1.165, 1.54) is 5.57 Å². The summed E-state index contributed by atoms with van der Waals surface area (Å²) in [5.41, 5.74) is -0.384. The molecule has 1 unspecified atom stereocenters. The minimum atomic E-state index is -0.763. The molecular formula is C25H46O3. The first-order chi connectivity index (χ1) is 12.1. The van der Waals surface area contributed by atoms with Crippen molar-refractivity contribution in [2.24, 2.45) is 32.5 Å². The van der Waals surface area contributed by atoms with Gasteiger partial charge in [0.05, 0.1) is 6.10 Å². The highest BCUT2D eigenvalue weighted by molar-refractivity contribution is 5.67. The van der Waals surface area contributed by atoms with Gasteiger partial charge in [0, 0.05) is 17.3 Å². The lowest BCUT2D eigenvalue weighted by Gasteiger charge is -2.68. The Labute approximate surface area is 174 Å². The van der Waals surface area contributed by atoms with Crippen LogP contribution in [0.1, 0.15) is 102 Å². The molecular weight excluding hydrogens is 348 g/mol. The number of aliphatic carboxylic acids is 1. The summed E-state index contributed by atoms with van der Waals surface area (Å²) in [7, 11) is 0. The standard InChI is InChI=1S/C25H46O3/c1-20(2,3)24(21(4,5)6)15-17(13-14-18(26)27)16-25(19(24)28,22(7,8)9)23(10,11)12/h15,19,28H,13-14,16H2,1-12H3,(H,26,27). The average Bonchev–Trinajstić information content (AvgIpc) is 2.40. The van der Waals surface area contributed by atoms with Crippen LogP contribution in [0.25, 0.3) is 0 Å². The predicted octanol–water partition coefficient (Wildman–Crippen LogP) is 6.70. The van der Waals surface area contributed by atoms with Crippen LogP contribution in [0.4, 0.5) is 0 Å². The fourth-order valence-corrected chi connectivity index (χ4v) is 6.58. The second-order valence-electron chi connectivity index (χ2n) is 13.1. The van der Waals surface area contributed by atoms with Gasteiger partial charge in [-0.1, -0.05) is 94.7 Å². The topological polar surface area (TPSA) is 57.5 Å². The van der Waals surface area contributed by atoms with Gasteiger partial charge in [-0.3, -0.25) is 4.79 Å². The van der Waals surface area contributed by atoms with Crippen molar-refractivity contribution in [1.29, 1.82) is 0 Å². The van der Waals surface area contributed by atoms with Gasteiger partial charge in [-0.25, -0.2) is 0 Å². The first-order valence-electron chi connectivity index (χ1n) is 10.8. The molecule has 1 aliphatic rings. The summed E-state index contributed by atoms with van der Waals surface area (Å²) < 4.78 is 0. The van der Waals surface area contributed by atoms with E-state index < -0.39 is 17.5 Å². The largest absolute Gasteiger partial charge is 0.481 e. The third-order valence-electron chi connectivity index (χ3n) is 7.65. The second-order valence-corrected chi connectivity index (χ2v) is 13.1. The van der Waals surface area contributed by atoms with Gasteiger partial charge in [-0.2, -0.15) is 0 Å². The average molecular weight is 395 g/mol. The molecule has 0 aromatic carbocycles. The lowest BCUT2D eigenvalue weighted by molar-refractivity contribution is -0.223. The van der Waals surface area contributed by atoms with Crippen molar-refractivity contribution in [3.63, 3.8) is 0 Å². The molecule has 2 N–H and O–H groups in total. The van der Waals surface area contributed by atoms with E-state index >= 15 is 0 Å². The third kappa shape index (κ3) is 3.80. The van der Waals surface area contributed by atoms with Crippen LogP contribution in [0, 0.1) is 32.5 Å². The van der Waals surface area contributed by atoms with Gasteiger partial charge in [0.1, 0.15) is 0 Å². The molecule has 164 valence electrons. The number of aliphatic hydroxyl groups is 1. The molecule has 0 amide bonds. The highest BCUT2D eigenvalue weighted by atomic mass is 16.4. The first kappa shape index (κ1) is 25.2. The maximum absolute atomic E-state index is 12.3. The molecule has 1 rings (SSSR count). The zero-order valence-corrected chi connectivity index (χ0v) is 20.6. The van der Waals surface area contributed by atoms with Crippen molar-refractivity contribution in [1.82, 2.24) is 0 Å². The molecule has 0 aliphatic heterocycles. The zero-order chi connectivity index (χ0) is 22.6. The summed E-state index contributed by atoms with van der Waals surface area (Å²) in [5.74, 6) is -0.763. The van der Waals surface area contributed by atoms with Gasteiger partial charge in [0.15, 0.2) is 0 Å². The molecule has 0 aromatic heterocycles. The normalized spacial score (nSPS) is 23.3. The maximum Gasteiger partial charge on any atom is 0.303 e. The Kier molecular flexibility index (Phi) is 6.43. The van der Waals surface area contributed by atoms with Crippen LogP contribution >= 0.6 is 0 Å². The van der Waals surface area contributed by atoms with Gasteiger partial charge in [-0.05, 0) is 34.5 Å². The van der Waals surface area contributed by atoms with Crippen LogP contribution < -0.4 is 0 Å². The highest BCUT2D eigenvalue weighted by Crippen LogP contribution is 2.69. The van der Waals surface area contributed by atoms with E-state index in [1.54, 1.807) is 0 Å². The highest BCUT2D eigenvalue weighted by Gasteiger charge is 2.67. The zero-order valence-electron chi connectivity index (χ0n) is 20.6. The van der Waals surface area contributed by atoms with Crippen molar-refractivity contribution >= 4 is 5.97 Å². The molecule has 1 aliphatic carbocycles. The summed E-state index contributed by atoms with van der Waals surface area (Å²) in [6.07, 6.45) is 3.15. The number of carbonyl (C=O) groups is 1. The molecule has 3 heteroatoms. The summed E-state index contributed by atoms with van der Waals surface area (Å²) >= 11 is 0. The second kappa shape index (κ2) is 7.15. The Balaban J connectivity index is 3.98. The fraction of sp³-hybridized carbons (Fsp3) is 0.880. The molecule has 0 heterocycles. The van der Waals surface area contributed by atoms with E-state index in [1.807, 2.05) is 0 Å². The summed E-state index contributed by atoms with van der Waals surface area (Å²) in [4.78, 5) is 11.3. The van der Waals surface area contributed by atoms with Crippen molar-refractivity contribution in [3.8, 4) is 0 Å². The minimum absolute atomic E-state index is 0.136. The van der Waals surface area contributed by atoms with E-state index in [0.29, 0.717) is 6.42 Å². The van der Waals surface area contributed by atoms with Gasteiger partial charge in [-0.15, -0.1) is 0 Å². The van der Waals surface area contributed by atoms with Crippen LogP contribution in [0.2, 0.25) is 0 Å². The molecule has 1 atom stereocenters. The van der Waals surface area contributed by atoms with Crippen molar-refractivity contribution in [2.75, 3.05) is 0 Å². The number of allylic oxidation sites excluding steroid dienone is 1. The van der Waals surface area contributed by atoms with Crippen molar-refractivity contribution in [2.45, 2.75) is 108 Å². The Morgan fingerprint density at radius 3 is 1.57 bits per heavy atom. The summed E-state index contributed by atoms with van der Waals surface area (Å²) in [6, 6.07) is 0. The Morgan fingerprint density at radius 2 is 1.29 bits per heavy atom. The molecule has 3 nitrogen and oxygen atoms in total. The van der Waals surface area contributed by atoms with E-state index in [-0.39, 0.29) is 33.5 Å². The number of rotatable bonds is 3. The lowest BCUT2D eigenvalue weighted by atomic mass is 9.37. The van der Waals surface area contributed by atoms with Gasteiger partial charge in [0.25, 0.3) is 0 Å². The molecule has 28 heavy (non-hydrogen) atoms. The van der Waals surface area contributed by atoms with E-state index in [4.69, 9.17) is 0 Å². The van der Waals surface area contributed by atoms with Crippen LogP contribution in [-0.4, -0.2) is 22.3 Å². The van der Waals surface area contributed by atoms with E-state index in [9.17, 15) is 15.0 Å². The molecule has 0 aromatic rings. The Bertz CT molecular complexity index is 584. The fourth-order valence-electron chi connectivity index (χ4n) is 6.58. The molecule has 0 saturated heterocycles. The molecule has 0 spiro atoms. The first-order valence-corrected chi connectivity index (χ1v) is 10.8. The van der Waals surface area contributed by atoms with Crippen LogP contribution in [0.15, 0.2) is 11.6 Å². The van der Waals surface area contributed by atoms with Crippen molar-refractivity contribution < 1.29 is 15.0 Å². The molecule has 0 saturated carbocycles. The van der Waals surface area contributed by atoms with Crippen LogP contribution in [0.5, 0.6) is 0 Å². The van der Waals surface area contributed by atoms with Gasteiger partial charge in [0.2, 0.25) is 0 Å². The van der Waals surface area contributed by atoms with Gasteiger partial charge < -0.3 is 10.2 Å². The molecule has 0 fully saturated rings. The third-order valence-corrected chi connectivity index (χ3v) is 7.65. The number of aliphatic hydroxyl groups excluding tert-OH is 1. The summed E-state index contributed by atoms with van der Waals surface area (Å²) in [6.45, 7) is 26.7. The van der Waals surface area contributed by atoms with Crippen LogP contribution in [0.3, 0.4) is 0 Å². The predicted molar refractivity (Wildman–Crippen MR) is 118 cm³/mol. The van der Waals surface area contributed by atoms with Gasteiger partial charge >= 0.3 is 5.97 Å². The van der Waals surface area contributed by atoms with Crippen LogP contribution in [-0.2, 0) is 4.79 Å². The summed E-state index contributed by atoms with van der Waals surface area (Å²) in [5, 5.41) is 21.6. The quantitative estimate of drug-likeness (QED) is 0.524. The Hall–Kier alpha value is -0.830. The van der Waals surface area contributed by atoms with E-state index in [0.717, 1.165) is 6.42 Å². The number of carboxylic acids is 1. The van der Waals surface area contributed by atoms with Crippen molar-refractivity contribution in [3.05, 3.63) is 11.6 Å². The Morgan fingerprint density at radius 1 is 0.893 bits per heavy atom. The lowest BCUT2D eigenvalue weighted by Crippen LogP contribution is -2.67. The number of hydrogen-bond acceptors (Lipinski definition) is 2. The molecule has 0 bridgehead atoms. The molecule has 0 radical (unpaired) electrons. The number of hydrogen-bond donors (Lipinski definition) is 2. The maximum atomic E-state index is 12.3.